The summed E-state index contributed by atoms with van der Waals surface area (Å²) in [6, 6.07) is 1.60. The zero-order valence-corrected chi connectivity index (χ0v) is 13.2. The monoisotopic (exact) mass is 318 g/mol. The molecule has 1 aliphatic carbocycles. The van der Waals surface area contributed by atoms with Crippen LogP contribution in [0.15, 0.2) is 17.2 Å². The number of carbonyl (C=O) groups excluding carboxylic acids is 1. The van der Waals surface area contributed by atoms with E-state index in [9.17, 15) is 13.2 Å². The fourth-order valence-corrected chi connectivity index (χ4v) is 2.85. The lowest BCUT2D eigenvalue weighted by molar-refractivity contribution is 0.0782. The van der Waals surface area contributed by atoms with Gasteiger partial charge in [-0.05, 0) is 25.3 Å². The molecule has 0 bridgehead atoms. The van der Waals surface area contributed by atoms with Crippen molar-refractivity contribution >= 4 is 25.6 Å². The van der Waals surface area contributed by atoms with Gasteiger partial charge in [-0.25, -0.2) is 8.42 Å². The van der Waals surface area contributed by atoms with Crippen molar-refractivity contribution in [3.63, 3.8) is 0 Å². The number of aromatic nitrogens is 1. The topological polar surface area (TPSA) is 59.4 Å². The van der Waals surface area contributed by atoms with Crippen LogP contribution in [0.4, 0.5) is 0 Å². The smallest absolute Gasteiger partial charge is 0.270 e. The average Bonchev–Trinajstić information content (AvgIpc) is 3.12. The molecule has 1 heterocycles. The van der Waals surface area contributed by atoms with Gasteiger partial charge in [-0.3, -0.25) is 4.79 Å². The van der Waals surface area contributed by atoms with Crippen molar-refractivity contribution in [3.05, 3.63) is 18.0 Å². The van der Waals surface area contributed by atoms with Crippen molar-refractivity contribution in [2.45, 2.75) is 43.5 Å². The SMILES string of the molecule is CCCCN(C)C(=O)c1cc(S(=O)(=O)Cl)cn1C1CC1. The van der Waals surface area contributed by atoms with Crippen LogP contribution in [0.2, 0.25) is 0 Å². The highest BCUT2D eigenvalue weighted by Crippen LogP contribution is 2.38. The van der Waals surface area contributed by atoms with E-state index < -0.39 is 9.05 Å². The third kappa shape index (κ3) is 3.35. The summed E-state index contributed by atoms with van der Waals surface area (Å²) in [7, 11) is 3.30. The van der Waals surface area contributed by atoms with Gasteiger partial charge in [0.05, 0.1) is 0 Å². The number of hydrogen-bond donors (Lipinski definition) is 0. The van der Waals surface area contributed by atoms with Crippen LogP contribution in [0.25, 0.3) is 0 Å². The van der Waals surface area contributed by atoms with Crippen LogP contribution >= 0.6 is 10.7 Å². The minimum Gasteiger partial charge on any atom is -0.340 e. The van der Waals surface area contributed by atoms with E-state index in [0.717, 1.165) is 25.7 Å². The van der Waals surface area contributed by atoms with Gasteiger partial charge in [-0.2, -0.15) is 0 Å². The Labute approximate surface area is 123 Å². The fourth-order valence-electron chi connectivity index (χ4n) is 2.11. The highest BCUT2D eigenvalue weighted by Gasteiger charge is 2.30. The molecule has 1 aromatic rings. The molecule has 0 spiro atoms. The lowest BCUT2D eigenvalue weighted by atomic mass is 10.3. The van der Waals surface area contributed by atoms with Gasteiger partial charge in [0.25, 0.3) is 15.0 Å². The molecule has 112 valence electrons. The molecule has 1 aromatic heterocycles. The molecule has 1 amide bonds. The van der Waals surface area contributed by atoms with Crippen LogP contribution < -0.4 is 0 Å². The Hall–Kier alpha value is -1.01. The minimum atomic E-state index is -3.81. The lowest BCUT2D eigenvalue weighted by Gasteiger charge is -2.17. The minimum absolute atomic E-state index is 0.00157. The van der Waals surface area contributed by atoms with E-state index >= 15 is 0 Å². The first-order valence-corrected chi connectivity index (χ1v) is 9.07. The molecule has 5 nitrogen and oxygen atoms in total. The molecule has 0 saturated heterocycles. The van der Waals surface area contributed by atoms with Gasteiger partial charge in [0, 0.05) is 36.5 Å². The van der Waals surface area contributed by atoms with Crippen LogP contribution in [0.3, 0.4) is 0 Å². The van der Waals surface area contributed by atoms with Gasteiger partial charge in [-0.1, -0.05) is 13.3 Å². The molecule has 1 aliphatic rings. The standard InChI is InChI=1S/C13H19ClN2O3S/c1-3-4-7-15(2)13(17)12-8-11(20(14,18)19)9-16(12)10-5-6-10/h8-10H,3-7H2,1-2H3. The molecule has 0 aliphatic heterocycles. The summed E-state index contributed by atoms with van der Waals surface area (Å²) < 4.78 is 24.6. The summed E-state index contributed by atoms with van der Waals surface area (Å²) in [4.78, 5) is 14.0. The third-order valence-corrected chi connectivity index (χ3v) is 4.78. The largest absolute Gasteiger partial charge is 0.340 e. The Morgan fingerprint density at radius 3 is 2.65 bits per heavy atom. The summed E-state index contributed by atoms with van der Waals surface area (Å²) in [6.07, 6.45) is 5.33. The molecule has 0 radical (unpaired) electrons. The molecule has 20 heavy (non-hydrogen) atoms. The zero-order chi connectivity index (χ0) is 14.9. The van der Waals surface area contributed by atoms with E-state index in [4.69, 9.17) is 10.7 Å². The van der Waals surface area contributed by atoms with Crippen molar-refractivity contribution in [1.29, 1.82) is 0 Å². The molecular weight excluding hydrogens is 300 g/mol. The second-order valence-corrected chi connectivity index (χ2v) is 7.78. The Kier molecular flexibility index (Phi) is 4.44. The molecule has 0 N–H and O–H groups in total. The van der Waals surface area contributed by atoms with Gasteiger partial charge in [-0.15, -0.1) is 0 Å². The first-order valence-electron chi connectivity index (χ1n) is 6.76. The van der Waals surface area contributed by atoms with Gasteiger partial charge in [0.15, 0.2) is 0 Å². The molecular formula is C13H19ClN2O3S. The Balaban J connectivity index is 2.30. The van der Waals surface area contributed by atoms with Gasteiger partial charge in [0.2, 0.25) is 0 Å². The second kappa shape index (κ2) is 5.77. The van der Waals surface area contributed by atoms with Crippen LogP contribution in [0.1, 0.15) is 49.1 Å². The number of hydrogen-bond acceptors (Lipinski definition) is 3. The average molecular weight is 319 g/mol. The van der Waals surface area contributed by atoms with Crippen molar-refractivity contribution in [2.24, 2.45) is 0 Å². The molecule has 0 aromatic carbocycles. The maximum absolute atomic E-state index is 12.4. The van der Waals surface area contributed by atoms with E-state index in [1.54, 1.807) is 16.5 Å². The summed E-state index contributed by atoms with van der Waals surface area (Å²) in [5.74, 6) is -0.156. The van der Waals surface area contributed by atoms with Crippen molar-refractivity contribution in [1.82, 2.24) is 9.47 Å². The molecule has 1 fully saturated rings. The van der Waals surface area contributed by atoms with Crippen LogP contribution in [0.5, 0.6) is 0 Å². The third-order valence-electron chi connectivity index (χ3n) is 3.46. The van der Waals surface area contributed by atoms with E-state index in [0.29, 0.717) is 12.2 Å². The predicted molar refractivity (Wildman–Crippen MR) is 77.6 cm³/mol. The molecule has 7 heteroatoms. The van der Waals surface area contributed by atoms with Crippen molar-refractivity contribution < 1.29 is 13.2 Å². The van der Waals surface area contributed by atoms with E-state index in [1.807, 2.05) is 0 Å². The number of nitrogens with zero attached hydrogens (tertiary/aromatic N) is 2. The Bertz CT molecular complexity index is 605. The van der Waals surface area contributed by atoms with Gasteiger partial charge >= 0.3 is 0 Å². The maximum Gasteiger partial charge on any atom is 0.270 e. The lowest BCUT2D eigenvalue weighted by Crippen LogP contribution is -2.29. The predicted octanol–water partition coefficient (Wildman–Crippen LogP) is 2.62. The Morgan fingerprint density at radius 2 is 2.15 bits per heavy atom. The quantitative estimate of drug-likeness (QED) is 0.758. The molecule has 1 saturated carbocycles. The summed E-state index contributed by atoms with van der Waals surface area (Å²) in [5, 5.41) is 0. The number of amides is 1. The first kappa shape index (κ1) is 15.4. The summed E-state index contributed by atoms with van der Waals surface area (Å²) in [6.45, 7) is 2.72. The number of rotatable bonds is 6. The number of halogens is 1. The fraction of sp³-hybridized carbons (Fsp3) is 0.615. The first-order chi connectivity index (χ1) is 9.34. The highest BCUT2D eigenvalue weighted by atomic mass is 35.7. The number of carbonyl (C=O) groups is 1. The van der Waals surface area contributed by atoms with Gasteiger partial charge in [0.1, 0.15) is 10.6 Å². The van der Waals surface area contributed by atoms with E-state index in [-0.39, 0.29) is 16.8 Å². The van der Waals surface area contributed by atoms with Crippen LogP contribution in [0, 0.1) is 0 Å². The maximum atomic E-state index is 12.4. The van der Waals surface area contributed by atoms with Crippen molar-refractivity contribution in [2.75, 3.05) is 13.6 Å². The van der Waals surface area contributed by atoms with Crippen LogP contribution in [-0.4, -0.2) is 37.4 Å². The molecule has 0 atom stereocenters. The Morgan fingerprint density at radius 1 is 1.50 bits per heavy atom. The van der Waals surface area contributed by atoms with E-state index in [1.165, 1.54) is 12.3 Å². The van der Waals surface area contributed by atoms with E-state index in [2.05, 4.69) is 6.92 Å². The van der Waals surface area contributed by atoms with Crippen LogP contribution in [-0.2, 0) is 9.05 Å². The molecule has 0 unspecified atom stereocenters. The normalized spacial score (nSPS) is 15.3. The molecule has 2 rings (SSSR count). The number of unbranched alkanes of at least 4 members (excludes halogenated alkanes) is 1. The van der Waals surface area contributed by atoms with Gasteiger partial charge < -0.3 is 9.47 Å². The zero-order valence-electron chi connectivity index (χ0n) is 11.7. The highest BCUT2D eigenvalue weighted by molar-refractivity contribution is 8.13. The van der Waals surface area contributed by atoms with Crippen molar-refractivity contribution in [3.8, 4) is 0 Å². The second-order valence-electron chi connectivity index (χ2n) is 5.22. The summed E-state index contributed by atoms with van der Waals surface area (Å²) in [5.41, 5.74) is 0.408. The summed E-state index contributed by atoms with van der Waals surface area (Å²) >= 11 is 0.